The summed E-state index contributed by atoms with van der Waals surface area (Å²) >= 11 is 0. The van der Waals surface area contributed by atoms with E-state index in [1.54, 1.807) is 0 Å². The van der Waals surface area contributed by atoms with Crippen LogP contribution in [-0.4, -0.2) is 21.2 Å². The van der Waals surface area contributed by atoms with Crippen molar-refractivity contribution in [1.82, 2.24) is 4.98 Å². The summed E-state index contributed by atoms with van der Waals surface area (Å²) in [5, 5.41) is 18.7. The molecule has 0 fully saturated rings. The van der Waals surface area contributed by atoms with E-state index in [0.29, 0.717) is 11.3 Å². The Hall–Kier alpha value is -3.13. The topological polar surface area (TPSA) is 79.7 Å². The van der Waals surface area contributed by atoms with Crippen LogP contribution in [-0.2, 0) is 11.0 Å². The number of aliphatic hydroxyl groups is 1. The van der Waals surface area contributed by atoms with Gasteiger partial charge in [0.1, 0.15) is 11.5 Å². The number of aromatic nitrogens is 1. The van der Waals surface area contributed by atoms with Crippen LogP contribution in [0, 0.1) is 0 Å². The van der Waals surface area contributed by atoms with E-state index in [1.807, 2.05) is 0 Å². The molecule has 0 aliphatic heterocycles. The fraction of sp³-hybridized carbons (Fsp3) is 0.158. The summed E-state index contributed by atoms with van der Waals surface area (Å²) in [7, 11) is 0. The number of pyridine rings is 1. The molecule has 0 saturated carbocycles. The molecule has 0 radical (unpaired) electrons. The lowest BCUT2D eigenvalue weighted by molar-refractivity contribution is -0.139. The van der Waals surface area contributed by atoms with Gasteiger partial charge in [0.15, 0.2) is 0 Å². The Labute approximate surface area is 151 Å². The number of ether oxygens (including phenoxy) is 1. The normalized spacial score (nSPS) is 12.7. The van der Waals surface area contributed by atoms with Crippen LogP contribution in [0.25, 0.3) is 10.9 Å². The quantitative estimate of drug-likeness (QED) is 0.682. The zero-order valence-corrected chi connectivity index (χ0v) is 13.8. The smallest absolute Gasteiger partial charge is 0.418 e. The minimum absolute atomic E-state index is 0.199. The van der Waals surface area contributed by atoms with Crippen molar-refractivity contribution in [3.8, 4) is 11.5 Å². The number of hydrogen-bond acceptors (Lipinski definition) is 4. The summed E-state index contributed by atoms with van der Waals surface area (Å²) in [6, 6.07) is 11.2. The largest absolute Gasteiger partial charge is 0.481 e. The lowest BCUT2D eigenvalue weighted by Gasteiger charge is -2.13. The van der Waals surface area contributed by atoms with E-state index in [2.05, 4.69) is 4.98 Å². The van der Waals surface area contributed by atoms with Gasteiger partial charge in [-0.3, -0.25) is 9.78 Å². The summed E-state index contributed by atoms with van der Waals surface area (Å²) in [6.07, 6.45) is -4.90. The number of aliphatic carboxylic acids is 1. The Balaban J connectivity index is 1.90. The van der Waals surface area contributed by atoms with Crippen molar-refractivity contribution in [3.63, 3.8) is 0 Å². The molecule has 0 saturated heterocycles. The van der Waals surface area contributed by atoms with Crippen LogP contribution in [0.4, 0.5) is 13.2 Å². The Morgan fingerprint density at radius 3 is 2.44 bits per heavy atom. The number of para-hydroxylation sites is 1. The van der Waals surface area contributed by atoms with Gasteiger partial charge in [-0.1, -0.05) is 18.2 Å². The first-order valence-corrected chi connectivity index (χ1v) is 7.88. The van der Waals surface area contributed by atoms with Gasteiger partial charge in [0.05, 0.1) is 23.6 Å². The zero-order chi connectivity index (χ0) is 19.6. The summed E-state index contributed by atoms with van der Waals surface area (Å²) in [4.78, 5) is 14.5. The summed E-state index contributed by atoms with van der Waals surface area (Å²) in [6.45, 7) is 0. The molecular formula is C19H14F3NO4. The maximum Gasteiger partial charge on any atom is 0.418 e. The van der Waals surface area contributed by atoms with Crippen molar-refractivity contribution < 1.29 is 32.9 Å². The third-order valence-corrected chi connectivity index (χ3v) is 3.90. The molecule has 8 heteroatoms. The fourth-order valence-corrected chi connectivity index (χ4v) is 2.64. The van der Waals surface area contributed by atoms with Gasteiger partial charge in [0.2, 0.25) is 0 Å². The number of halogens is 3. The fourth-order valence-electron chi connectivity index (χ4n) is 2.64. The highest BCUT2D eigenvalue weighted by Crippen LogP contribution is 2.37. The number of fused-ring (bicyclic) bond motifs is 1. The molecule has 2 aromatic carbocycles. The van der Waals surface area contributed by atoms with E-state index in [1.165, 1.54) is 48.7 Å². The van der Waals surface area contributed by atoms with Crippen molar-refractivity contribution in [3.05, 3.63) is 65.9 Å². The number of hydrogen-bond donors (Lipinski definition) is 2. The van der Waals surface area contributed by atoms with Gasteiger partial charge >= 0.3 is 12.1 Å². The number of carbonyl (C=O) groups is 1. The Kier molecular flexibility index (Phi) is 5.00. The molecule has 1 atom stereocenters. The highest BCUT2D eigenvalue weighted by molar-refractivity contribution is 5.88. The number of alkyl halides is 3. The van der Waals surface area contributed by atoms with Crippen LogP contribution in [0.2, 0.25) is 0 Å². The van der Waals surface area contributed by atoms with Crippen LogP contribution in [0.1, 0.15) is 23.7 Å². The van der Waals surface area contributed by atoms with Crippen LogP contribution < -0.4 is 4.74 Å². The van der Waals surface area contributed by atoms with E-state index >= 15 is 0 Å². The first kappa shape index (κ1) is 18.7. The standard InChI is InChI=1S/C19H14F3NO4/c20-19(21,22)14-3-1-2-13-16(8-9-23-18(13)14)27-12-6-4-11(5-7-12)15(24)10-17(25)26/h1-9,15,24H,10H2,(H,25,26). The summed E-state index contributed by atoms with van der Waals surface area (Å²) < 4.78 is 45.1. The number of aliphatic hydroxyl groups excluding tert-OH is 1. The first-order valence-electron chi connectivity index (χ1n) is 7.88. The SMILES string of the molecule is O=C(O)CC(O)c1ccc(Oc2ccnc3c(C(F)(F)F)cccc23)cc1. The van der Waals surface area contributed by atoms with E-state index in [0.717, 1.165) is 6.07 Å². The minimum Gasteiger partial charge on any atom is -0.481 e. The Bertz CT molecular complexity index is 971. The number of benzene rings is 2. The van der Waals surface area contributed by atoms with Crippen molar-refractivity contribution in [2.75, 3.05) is 0 Å². The molecule has 0 aliphatic carbocycles. The third-order valence-electron chi connectivity index (χ3n) is 3.90. The number of rotatable bonds is 5. The minimum atomic E-state index is -4.53. The molecule has 1 aromatic heterocycles. The highest BCUT2D eigenvalue weighted by atomic mass is 19.4. The average Bonchev–Trinajstić information content (AvgIpc) is 2.60. The lowest BCUT2D eigenvalue weighted by Crippen LogP contribution is -2.06. The van der Waals surface area contributed by atoms with E-state index in [-0.39, 0.29) is 16.7 Å². The van der Waals surface area contributed by atoms with Gasteiger partial charge in [-0.05, 0) is 35.9 Å². The molecule has 0 bridgehead atoms. The molecule has 0 spiro atoms. The van der Waals surface area contributed by atoms with E-state index in [4.69, 9.17) is 9.84 Å². The number of carboxylic acids is 1. The van der Waals surface area contributed by atoms with Gasteiger partial charge in [-0.15, -0.1) is 0 Å². The van der Waals surface area contributed by atoms with Gasteiger partial charge in [-0.25, -0.2) is 0 Å². The predicted molar refractivity (Wildman–Crippen MR) is 90.5 cm³/mol. The monoisotopic (exact) mass is 377 g/mol. The third kappa shape index (κ3) is 4.17. The van der Waals surface area contributed by atoms with Gasteiger partial charge < -0.3 is 14.9 Å². The second-order valence-electron chi connectivity index (χ2n) is 5.79. The average molecular weight is 377 g/mol. The molecule has 140 valence electrons. The molecule has 0 aliphatic rings. The van der Waals surface area contributed by atoms with E-state index in [9.17, 15) is 23.1 Å². The predicted octanol–water partition coefficient (Wildman–Crippen LogP) is 4.55. The van der Waals surface area contributed by atoms with Crippen LogP contribution >= 0.6 is 0 Å². The summed E-state index contributed by atoms with van der Waals surface area (Å²) in [5.41, 5.74) is -0.669. The van der Waals surface area contributed by atoms with Crippen molar-refractivity contribution in [2.45, 2.75) is 18.7 Å². The van der Waals surface area contributed by atoms with E-state index < -0.39 is 30.2 Å². The number of nitrogens with zero attached hydrogens (tertiary/aromatic N) is 1. The number of carboxylic acid groups (broad SMARTS) is 1. The Morgan fingerprint density at radius 1 is 1.11 bits per heavy atom. The second kappa shape index (κ2) is 7.24. The van der Waals surface area contributed by atoms with Crippen molar-refractivity contribution >= 4 is 16.9 Å². The van der Waals surface area contributed by atoms with Crippen molar-refractivity contribution in [1.29, 1.82) is 0 Å². The molecule has 1 heterocycles. The Morgan fingerprint density at radius 2 is 1.81 bits per heavy atom. The van der Waals surface area contributed by atoms with Gasteiger partial charge in [0, 0.05) is 11.6 Å². The van der Waals surface area contributed by atoms with Crippen LogP contribution in [0.5, 0.6) is 11.5 Å². The molecular weight excluding hydrogens is 363 g/mol. The zero-order valence-electron chi connectivity index (χ0n) is 13.8. The second-order valence-corrected chi connectivity index (χ2v) is 5.79. The highest BCUT2D eigenvalue weighted by Gasteiger charge is 2.33. The van der Waals surface area contributed by atoms with Gasteiger partial charge in [0.25, 0.3) is 0 Å². The molecule has 27 heavy (non-hydrogen) atoms. The maximum absolute atomic E-state index is 13.1. The molecule has 3 rings (SSSR count). The van der Waals surface area contributed by atoms with Crippen molar-refractivity contribution in [2.24, 2.45) is 0 Å². The van der Waals surface area contributed by atoms with Crippen LogP contribution in [0.15, 0.2) is 54.7 Å². The molecule has 1 unspecified atom stereocenters. The first-order chi connectivity index (χ1) is 12.8. The van der Waals surface area contributed by atoms with Crippen LogP contribution in [0.3, 0.4) is 0 Å². The summed E-state index contributed by atoms with van der Waals surface area (Å²) in [5.74, 6) is -0.609. The molecule has 0 amide bonds. The maximum atomic E-state index is 13.1. The molecule has 3 aromatic rings. The molecule has 2 N–H and O–H groups in total. The lowest BCUT2D eigenvalue weighted by atomic mass is 10.1. The van der Waals surface area contributed by atoms with Gasteiger partial charge in [-0.2, -0.15) is 13.2 Å². The molecule has 5 nitrogen and oxygen atoms in total.